The number of nitrogens with one attached hydrogen (secondary N) is 1. The number of hydrogen-bond donors (Lipinski definition) is 4. The van der Waals surface area contributed by atoms with E-state index in [0.29, 0.717) is 13.1 Å². The Bertz CT molecular complexity index is 57.6. The highest BCUT2D eigenvalue weighted by Gasteiger charge is 1.76. The lowest BCUT2D eigenvalue weighted by Crippen LogP contribution is -2.27. The summed E-state index contributed by atoms with van der Waals surface area (Å²) in [5.41, 5.74) is 15.4. The van der Waals surface area contributed by atoms with Gasteiger partial charge < -0.3 is 22.5 Å². The quantitative estimate of drug-likeness (QED) is 0.495. The number of unbranched alkanes of at least 4 members (excludes halogenated alkanes) is 1. The Labute approximate surface area is 96.0 Å². The van der Waals surface area contributed by atoms with Crippen molar-refractivity contribution < 1.29 is 0 Å². The van der Waals surface area contributed by atoms with E-state index in [1.165, 1.54) is 12.8 Å². The predicted molar refractivity (Wildman–Crippen MR) is 70.9 cm³/mol. The van der Waals surface area contributed by atoms with Gasteiger partial charge in [-0.3, -0.25) is 0 Å². The zero-order chi connectivity index (χ0) is 12.4. The minimum atomic E-state index is 0.694. The first kappa shape index (κ1) is 20.3. The zero-order valence-electron chi connectivity index (χ0n) is 10.9. The van der Waals surface area contributed by atoms with E-state index in [1.54, 1.807) is 0 Å². The molecular weight excluding hydrogens is 188 g/mol. The highest BCUT2D eigenvalue weighted by molar-refractivity contribution is 4.45. The zero-order valence-corrected chi connectivity index (χ0v) is 10.9. The fraction of sp³-hybridized carbons (Fsp3) is 1.00. The second-order valence-electron chi connectivity index (χ2n) is 3.12. The van der Waals surface area contributed by atoms with Crippen LogP contribution in [0.1, 0.15) is 40.0 Å². The summed E-state index contributed by atoms with van der Waals surface area (Å²) >= 11 is 0. The van der Waals surface area contributed by atoms with Crippen molar-refractivity contribution in [3.05, 3.63) is 0 Å². The molecular formula is C11H32N4. The van der Waals surface area contributed by atoms with E-state index in [-0.39, 0.29) is 0 Å². The van der Waals surface area contributed by atoms with E-state index in [0.717, 1.165) is 26.1 Å². The van der Waals surface area contributed by atoms with Crippen molar-refractivity contribution in [2.75, 3.05) is 32.7 Å². The molecule has 4 nitrogen and oxygen atoms in total. The van der Waals surface area contributed by atoms with Crippen molar-refractivity contribution >= 4 is 0 Å². The summed E-state index contributed by atoms with van der Waals surface area (Å²) in [7, 11) is 0. The Morgan fingerprint density at radius 1 is 0.667 bits per heavy atom. The molecule has 0 aliphatic rings. The van der Waals surface area contributed by atoms with E-state index in [4.69, 9.17) is 17.2 Å². The van der Waals surface area contributed by atoms with Crippen LogP contribution in [0.2, 0.25) is 0 Å². The van der Waals surface area contributed by atoms with Gasteiger partial charge in [0.25, 0.3) is 0 Å². The first-order valence-electron chi connectivity index (χ1n) is 6.05. The van der Waals surface area contributed by atoms with Gasteiger partial charge in [0, 0.05) is 26.2 Å². The predicted octanol–water partition coefficient (Wildman–Crippen LogP) is 0.655. The van der Waals surface area contributed by atoms with Gasteiger partial charge in [0.2, 0.25) is 0 Å². The SMILES string of the molecule is CCCC.CCCN.NCCNCCN. The largest absolute Gasteiger partial charge is 0.330 e. The minimum absolute atomic E-state index is 0.694. The van der Waals surface area contributed by atoms with Crippen LogP contribution in [-0.4, -0.2) is 32.7 Å². The van der Waals surface area contributed by atoms with Crippen LogP contribution in [0.25, 0.3) is 0 Å². The van der Waals surface area contributed by atoms with Crippen molar-refractivity contribution in [3.63, 3.8) is 0 Å². The van der Waals surface area contributed by atoms with Gasteiger partial charge in [-0.2, -0.15) is 0 Å². The summed E-state index contributed by atoms with van der Waals surface area (Å²) in [5.74, 6) is 0. The van der Waals surface area contributed by atoms with Gasteiger partial charge in [-0.05, 0) is 13.0 Å². The highest BCUT2D eigenvalue weighted by Crippen LogP contribution is 1.76. The molecule has 0 amide bonds. The van der Waals surface area contributed by atoms with E-state index >= 15 is 0 Å². The lowest BCUT2D eigenvalue weighted by atomic mass is 10.4. The average molecular weight is 220 g/mol. The van der Waals surface area contributed by atoms with Crippen LogP contribution < -0.4 is 22.5 Å². The van der Waals surface area contributed by atoms with Crippen LogP contribution in [0.15, 0.2) is 0 Å². The maximum Gasteiger partial charge on any atom is 0.00750 e. The van der Waals surface area contributed by atoms with Gasteiger partial charge in [-0.1, -0.05) is 33.6 Å². The molecule has 0 aliphatic heterocycles. The van der Waals surface area contributed by atoms with Crippen LogP contribution in [0.4, 0.5) is 0 Å². The number of rotatable bonds is 6. The van der Waals surface area contributed by atoms with Gasteiger partial charge in [0.05, 0.1) is 0 Å². The monoisotopic (exact) mass is 220 g/mol. The third kappa shape index (κ3) is 56.9. The molecule has 0 unspecified atom stereocenters. The van der Waals surface area contributed by atoms with Gasteiger partial charge in [0.1, 0.15) is 0 Å². The number of hydrogen-bond acceptors (Lipinski definition) is 4. The fourth-order valence-corrected chi connectivity index (χ4v) is 0.329. The summed E-state index contributed by atoms with van der Waals surface area (Å²) in [5, 5.41) is 3.03. The molecule has 0 atom stereocenters. The molecule has 0 saturated carbocycles. The molecule has 0 rings (SSSR count). The van der Waals surface area contributed by atoms with Crippen molar-refractivity contribution in [2.45, 2.75) is 40.0 Å². The van der Waals surface area contributed by atoms with Crippen molar-refractivity contribution in [2.24, 2.45) is 17.2 Å². The van der Waals surface area contributed by atoms with E-state index < -0.39 is 0 Å². The maximum absolute atomic E-state index is 5.17. The summed E-state index contributed by atoms with van der Waals surface area (Å²) in [6.45, 7) is 10.4. The molecule has 7 N–H and O–H groups in total. The first-order valence-corrected chi connectivity index (χ1v) is 6.05. The van der Waals surface area contributed by atoms with Crippen molar-refractivity contribution in [3.8, 4) is 0 Å². The lowest BCUT2D eigenvalue weighted by Gasteiger charge is -1.95. The Kier molecular flexibility index (Phi) is 39.5. The molecule has 0 spiro atoms. The third-order valence-corrected chi connectivity index (χ3v) is 1.43. The molecule has 0 aromatic carbocycles. The van der Waals surface area contributed by atoms with Gasteiger partial charge in [0.15, 0.2) is 0 Å². The molecule has 0 aromatic heterocycles. The molecule has 96 valence electrons. The molecule has 15 heavy (non-hydrogen) atoms. The highest BCUT2D eigenvalue weighted by atomic mass is 14.9. The van der Waals surface area contributed by atoms with Gasteiger partial charge >= 0.3 is 0 Å². The lowest BCUT2D eigenvalue weighted by molar-refractivity contribution is 0.696. The topological polar surface area (TPSA) is 90.1 Å². The number of nitrogens with two attached hydrogens (primary N) is 3. The summed E-state index contributed by atoms with van der Waals surface area (Å²) in [6.07, 6.45) is 3.74. The Balaban J connectivity index is -0.000000155. The third-order valence-electron chi connectivity index (χ3n) is 1.43. The van der Waals surface area contributed by atoms with Crippen LogP contribution in [-0.2, 0) is 0 Å². The van der Waals surface area contributed by atoms with Gasteiger partial charge in [-0.25, -0.2) is 0 Å². The smallest absolute Gasteiger partial charge is 0.00750 e. The van der Waals surface area contributed by atoms with Crippen LogP contribution in [0, 0.1) is 0 Å². The molecule has 0 aromatic rings. The van der Waals surface area contributed by atoms with Crippen LogP contribution >= 0.6 is 0 Å². The Morgan fingerprint density at radius 3 is 1.13 bits per heavy atom. The van der Waals surface area contributed by atoms with E-state index in [2.05, 4.69) is 26.1 Å². The van der Waals surface area contributed by atoms with Crippen molar-refractivity contribution in [1.82, 2.24) is 5.32 Å². The minimum Gasteiger partial charge on any atom is -0.330 e. The molecule has 0 aliphatic carbocycles. The molecule has 0 saturated heterocycles. The standard InChI is InChI=1S/C4H13N3.C4H10.C3H9N/c5-1-3-7-4-2-6;1-3-4-2;1-2-3-4/h7H,1-6H2;3-4H2,1-2H3;2-4H2,1H3. The summed E-state index contributed by atoms with van der Waals surface area (Å²) < 4.78 is 0. The molecule has 0 fully saturated rings. The second kappa shape index (κ2) is 29.2. The van der Waals surface area contributed by atoms with Gasteiger partial charge in [-0.15, -0.1) is 0 Å². The van der Waals surface area contributed by atoms with Crippen molar-refractivity contribution in [1.29, 1.82) is 0 Å². The molecule has 4 heteroatoms. The summed E-state index contributed by atoms with van der Waals surface area (Å²) in [4.78, 5) is 0. The molecule has 0 radical (unpaired) electrons. The Hall–Kier alpha value is -0.160. The maximum atomic E-state index is 5.17. The average Bonchev–Trinajstić information content (AvgIpc) is 2.30. The molecule has 0 bridgehead atoms. The van der Waals surface area contributed by atoms with E-state index in [9.17, 15) is 0 Å². The van der Waals surface area contributed by atoms with E-state index in [1.807, 2.05) is 0 Å². The fourth-order valence-electron chi connectivity index (χ4n) is 0.329. The van der Waals surface area contributed by atoms with Crippen LogP contribution in [0.5, 0.6) is 0 Å². The molecule has 0 heterocycles. The van der Waals surface area contributed by atoms with Crippen LogP contribution in [0.3, 0.4) is 0 Å². The summed E-state index contributed by atoms with van der Waals surface area (Å²) in [6, 6.07) is 0. The normalized spacial score (nSPS) is 8.40. The Morgan fingerprint density at radius 2 is 1.00 bits per heavy atom. The second-order valence-corrected chi connectivity index (χ2v) is 3.12. The first-order chi connectivity index (χ1) is 7.24.